The van der Waals surface area contributed by atoms with Gasteiger partial charge in [-0.15, -0.1) is 0 Å². The molecule has 0 unspecified atom stereocenters. The van der Waals surface area contributed by atoms with Gasteiger partial charge in [0.1, 0.15) is 11.2 Å². The highest BCUT2D eigenvalue weighted by molar-refractivity contribution is 6.07. The molecule has 0 aliphatic carbocycles. The second-order valence-electron chi connectivity index (χ2n) is 9.18. The summed E-state index contributed by atoms with van der Waals surface area (Å²) in [7, 11) is 0. The molecule has 0 spiro atoms. The summed E-state index contributed by atoms with van der Waals surface area (Å²) in [5.41, 5.74) is 6.24. The minimum absolute atomic E-state index is 0.782. The van der Waals surface area contributed by atoms with Crippen molar-refractivity contribution in [1.82, 2.24) is 9.97 Å². The lowest BCUT2D eigenvalue weighted by Crippen LogP contribution is -2.09. The number of rotatable bonds is 3. The summed E-state index contributed by atoms with van der Waals surface area (Å²) in [5, 5.41) is 6.64. The van der Waals surface area contributed by atoms with E-state index in [-0.39, 0.29) is 0 Å². The number of furan rings is 2. The van der Waals surface area contributed by atoms with E-state index in [2.05, 4.69) is 93.7 Å². The van der Waals surface area contributed by atoms with E-state index in [9.17, 15) is 0 Å². The van der Waals surface area contributed by atoms with E-state index >= 15 is 0 Å². The van der Waals surface area contributed by atoms with E-state index in [0.717, 1.165) is 60.9 Å². The minimum atomic E-state index is 0.782. The molecule has 0 amide bonds. The molecule has 0 fully saturated rings. The van der Waals surface area contributed by atoms with Gasteiger partial charge in [0.2, 0.25) is 0 Å². The van der Waals surface area contributed by atoms with Crippen molar-refractivity contribution in [1.29, 1.82) is 0 Å². The molecule has 0 aliphatic rings. The van der Waals surface area contributed by atoms with E-state index in [0.29, 0.717) is 0 Å². The highest BCUT2D eigenvalue weighted by Crippen LogP contribution is 2.41. The van der Waals surface area contributed by atoms with Gasteiger partial charge in [0.25, 0.3) is 0 Å². The van der Waals surface area contributed by atoms with E-state index in [1.165, 1.54) is 10.8 Å². The number of nitrogens with zero attached hydrogens (tertiary/aromatic N) is 3. The molecule has 8 rings (SSSR count). The molecular formula is C32H19N3O2. The quantitative estimate of drug-likeness (QED) is 0.254. The number of hydrogen-bond donors (Lipinski definition) is 0. The van der Waals surface area contributed by atoms with Crippen molar-refractivity contribution in [2.75, 3.05) is 4.90 Å². The summed E-state index contributed by atoms with van der Waals surface area (Å²) in [5.74, 6) is 0. The average molecular weight is 478 g/mol. The maximum absolute atomic E-state index is 6.18. The van der Waals surface area contributed by atoms with Gasteiger partial charge in [-0.05, 0) is 59.3 Å². The molecule has 0 atom stereocenters. The maximum Gasteiger partial charge on any atom is 0.153 e. The van der Waals surface area contributed by atoms with Gasteiger partial charge in [-0.25, -0.2) is 0 Å². The highest BCUT2D eigenvalue weighted by Gasteiger charge is 2.18. The first kappa shape index (κ1) is 20.1. The van der Waals surface area contributed by atoms with Crippen LogP contribution in [-0.4, -0.2) is 9.97 Å². The molecule has 0 N–H and O–H groups in total. The van der Waals surface area contributed by atoms with Gasteiger partial charge < -0.3 is 13.7 Å². The highest BCUT2D eigenvalue weighted by atomic mass is 16.3. The maximum atomic E-state index is 6.18. The standard InChI is InChI=1S/C32H19N3O2/c1-2-4-21-15-22(6-5-20(21)3-1)35(23-7-9-25-27-11-13-33-18-31(27)36-29(25)16-23)24-8-10-26-28-12-14-34-19-32(28)37-30(26)17-24/h1-19H. The van der Waals surface area contributed by atoms with Gasteiger partial charge in [0.15, 0.2) is 11.2 Å². The fourth-order valence-electron chi connectivity index (χ4n) is 5.28. The van der Waals surface area contributed by atoms with Crippen LogP contribution in [0.2, 0.25) is 0 Å². The Morgan fingerprint density at radius 1 is 0.459 bits per heavy atom. The molecule has 8 aromatic rings. The van der Waals surface area contributed by atoms with Crippen LogP contribution < -0.4 is 4.90 Å². The van der Waals surface area contributed by atoms with Crippen molar-refractivity contribution in [2.24, 2.45) is 0 Å². The van der Waals surface area contributed by atoms with Gasteiger partial charge in [0.05, 0.1) is 12.4 Å². The Balaban J connectivity index is 1.37. The lowest BCUT2D eigenvalue weighted by Gasteiger charge is -2.25. The Morgan fingerprint density at radius 2 is 0.973 bits per heavy atom. The third kappa shape index (κ3) is 3.11. The molecule has 0 bridgehead atoms. The summed E-state index contributed by atoms with van der Waals surface area (Å²) < 4.78 is 12.4. The fraction of sp³-hybridized carbons (Fsp3) is 0. The smallest absolute Gasteiger partial charge is 0.153 e. The van der Waals surface area contributed by atoms with E-state index in [1.807, 2.05) is 12.1 Å². The van der Waals surface area contributed by atoms with Gasteiger partial charge in [-0.2, -0.15) is 0 Å². The zero-order chi connectivity index (χ0) is 24.3. The first-order valence-electron chi connectivity index (χ1n) is 12.1. The first-order valence-corrected chi connectivity index (χ1v) is 12.1. The molecule has 4 aromatic heterocycles. The molecule has 5 heteroatoms. The summed E-state index contributed by atoms with van der Waals surface area (Å²) in [6.07, 6.45) is 7.12. The van der Waals surface area contributed by atoms with Gasteiger partial charge >= 0.3 is 0 Å². The summed E-state index contributed by atoms with van der Waals surface area (Å²) in [6, 6.07) is 31.6. The van der Waals surface area contributed by atoms with E-state index in [4.69, 9.17) is 8.83 Å². The molecular weight excluding hydrogens is 458 g/mol. The Kier molecular flexibility index (Phi) is 4.16. The summed E-state index contributed by atoms with van der Waals surface area (Å²) >= 11 is 0. The van der Waals surface area contributed by atoms with Crippen molar-refractivity contribution >= 4 is 71.7 Å². The monoisotopic (exact) mass is 477 g/mol. The minimum Gasteiger partial charge on any atom is -0.454 e. The molecule has 174 valence electrons. The van der Waals surface area contributed by atoms with Crippen LogP contribution >= 0.6 is 0 Å². The summed E-state index contributed by atoms with van der Waals surface area (Å²) in [4.78, 5) is 10.7. The van der Waals surface area contributed by atoms with Crippen molar-refractivity contribution in [3.8, 4) is 0 Å². The van der Waals surface area contributed by atoms with Crippen LogP contribution in [0.3, 0.4) is 0 Å². The van der Waals surface area contributed by atoms with Crippen LogP contribution in [0.4, 0.5) is 17.1 Å². The van der Waals surface area contributed by atoms with Crippen LogP contribution in [0.1, 0.15) is 0 Å². The largest absolute Gasteiger partial charge is 0.454 e. The molecule has 37 heavy (non-hydrogen) atoms. The van der Waals surface area contributed by atoms with Crippen molar-refractivity contribution in [2.45, 2.75) is 0 Å². The van der Waals surface area contributed by atoms with Crippen LogP contribution in [0, 0.1) is 0 Å². The third-order valence-electron chi connectivity index (χ3n) is 7.03. The lowest BCUT2D eigenvalue weighted by molar-refractivity contribution is 0.667. The fourth-order valence-corrected chi connectivity index (χ4v) is 5.28. The second kappa shape index (κ2) is 7.67. The van der Waals surface area contributed by atoms with Crippen molar-refractivity contribution in [3.05, 3.63) is 116 Å². The number of pyridine rings is 2. The third-order valence-corrected chi connectivity index (χ3v) is 7.03. The number of anilines is 3. The predicted octanol–water partition coefficient (Wildman–Crippen LogP) is 8.90. The normalized spacial score (nSPS) is 11.8. The average Bonchev–Trinajstić information content (AvgIpc) is 3.50. The van der Waals surface area contributed by atoms with Gasteiger partial charge in [-0.1, -0.05) is 30.3 Å². The van der Waals surface area contributed by atoms with E-state index < -0.39 is 0 Å². The summed E-state index contributed by atoms with van der Waals surface area (Å²) in [6.45, 7) is 0. The molecule has 0 radical (unpaired) electrons. The molecule has 4 heterocycles. The molecule has 0 aliphatic heterocycles. The molecule has 5 nitrogen and oxygen atoms in total. The van der Waals surface area contributed by atoms with E-state index in [1.54, 1.807) is 24.8 Å². The zero-order valence-corrected chi connectivity index (χ0v) is 19.6. The topological polar surface area (TPSA) is 55.3 Å². The Labute approximate surface area is 211 Å². The second-order valence-corrected chi connectivity index (χ2v) is 9.18. The number of aromatic nitrogens is 2. The van der Waals surface area contributed by atoms with Crippen molar-refractivity contribution < 1.29 is 8.83 Å². The van der Waals surface area contributed by atoms with Crippen LogP contribution in [0.15, 0.2) is 125 Å². The number of hydrogen-bond acceptors (Lipinski definition) is 5. The zero-order valence-electron chi connectivity index (χ0n) is 19.6. The van der Waals surface area contributed by atoms with Crippen molar-refractivity contribution in [3.63, 3.8) is 0 Å². The lowest BCUT2D eigenvalue weighted by atomic mass is 10.1. The van der Waals surface area contributed by atoms with Gasteiger partial charge in [0, 0.05) is 63.1 Å². The van der Waals surface area contributed by atoms with Gasteiger partial charge in [-0.3, -0.25) is 9.97 Å². The van der Waals surface area contributed by atoms with Crippen LogP contribution in [-0.2, 0) is 0 Å². The Hall–Kier alpha value is -5.16. The number of fused-ring (bicyclic) bond motifs is 7. The van der Waals surface area contributed by atoms with Crippen LogP contribution in [0.5, 0.6) is 0 Å². The predicted molar refractivity (Wildman–Crippen MR) is 149 cm³/mol. The van der Waals surface area contributed by atoms with Crippen LogP contribution in [0.25, 0.3) is 54.6 Å². The molecule has 0 saturated heterocycles. The number of benzene rings is 4. The molecule has 0 saturated carbocycles. The SMILES string of the molecule is c1ccc2cc(N(c3ccc4c(c3)oc3cnccc34)c3ccc4c(c3)oc3cnccc34)ccc2c1. The Bertz CT molecular complexity index is 2010. The first-order chi connectivity index (χ1) is 18.3. The molecule has 4 aromatic carbocycles. The Morgan fingerprint density at radius 3 is 1.59 bits per heavy atom.